The number of hydrogen-bond donors (Lipinski definition) is 1. The van der Waals surface area contributed by atoms with Gasteiger partial charge in [0.2, 0.25) is 0 Å². The van der Waals surface area contributed by atoms with Crippen LogP contribution in [0.25, 0.3) is 0 Å². The van der Waals surface area contributed by atoms with Crippen LogP contribution < -0.4 is 5.32 Å². The molecular weight excluding hydrogens is 229 g/mol. The third-order valence-corrected chi connectivity index (χ3v) is 3.07. The van der Waals surface area contributed by atoms with Crippen molar-refractivity contribution < 1.29 is 4.39 Å². The highest BCUT2D eigenvalue weighted by molar-refractivity contribution is 5.21. The first kappa shape index (κ1) is 12.8. The van der Waals surface area contributed by atoms with E-state index in [9.17, 15) is 4.39 Å². The summed E-state index contributed by atoms with van der Waals surface area (Å²) in [7, 11) is 0. The van der Waals surface area contributed by atoms with Gasteiger partial charge in [-0.05, 0) is 31.2 Å². The lowest BCUT2D eigenvalue weighted by Crippen LogP contribution is -2.17. The lowest BCUT2D eigenvalue weighted by Gasteiger charge is -2.17. The smallest absolute Gasteiger partial charge is 0.123 e. The zero-order valence-corrected chi connectivity index (χ0v) is 10.7. The summed E-state index contributed by atoms with van der Waals surface area (Å²) in [5.41, 5.74) is 2.21. The van der Waals surface area contributed by atoms with Crippen molar-refractivity contribution in [3.63, 3.8) is 0 Å². The topological polar surface area (TPSA) is 29.9 Å². The van der Waals surface area contributed by atoms with Crippen LogP contribution in [-0.2, 0) is 6.54 Å². The largest absolute Gasteiger partial charge is 0.326 e. The van der Waals surface area contributed by atoms with E-state index in [0.29, 0.717) is 0 Å². The van der Waals surface area contributed by atoms with Gasteiger partial charge in [-0.25, -0.2) is 9.37 Å². The summed E-state index contributed by atoms with van der Waals surface area (Å²) < 4.78 is 15.0. The Morgan fingerprint density at radius 2 is 2.06 bits per heavy atom. The quantitative estimate of drug-likeness (QED) is 0.880. The molecule has 0 saturated carbocycles. The first-order chi connectivity index (χ1) is 8.72. The molecule has 3 nitrogen and oxygen atoms in total. The van der Waals surface area contributed by atoms with Crippen LogP contribution >= 0.6 is 0 Å². The van der Waals surface area contributed by atoms with Gasteiger partial charge >= 0.3 is 0 Å². The summed E-state index contributed by atoms with van der Waals surface area (Å²) >= 11 is 0. The van der Waals surface area contributed by atoms with Gasteiger partial charge in [0.15, 0.2) is 0 Å². The molecule has 0 saturated heterocycles. The van der Waals surface area contributed by atoms with Crippen molar-refractivity contribution >= 4 is 0 Å². The summed E-state index contributed by atoms with van der Waals surface area (Å²) in [4.78, 5) is 4.19. The normalized spacial score (nSPS) is 12.6. The molecule has 1 aromatic heterocycles. The lowest BCUT2D eigenvalue weighted by molar-refractivity contribution is 0.579. The Kier molecular flexibility index (Phi) is 4.10. The van der Waals surface area contributed by atoms with Gasteiger partial charge in [0.25, 0.3) is 0 Å². The van der Waals surface area contributed by atoms with E-state index in [1.807, 2.05) is 24.7 Å². The average Bonchev–Trinajstić information content (AvgIpc) is 2.84. The number of benzene rings is 1. The Labute approximate surface area is 107 Å². The number of rotatable bonds is 5. The number of hydrogen-bond acceptors (Lipinski definition) is 2. The second kappa shape index (κ2) is 5.78. The Hall–Kier alpha value is -1.68. The fraction of sp³-hybridized carbons (Fsp3) is 0.357. The fourth-order valence-electron chi connectivity index (χ4n) is 1.97. The Morgan fingerprint density at radius 1 is 1.33 bits per heavy atom. The van der Waals surface area contributed by atoms with Crippen LogP contribution in [0, 0.1) is 5.82 Å². The van der Waals surface area contributed by atoms with E-state index in [2.05, 4.69) is 28.7 Å². The summed E-state index contributed by atoms with van der Waals surface area (Å²) in [5.74, 6) is -0.204. The first-order valence-electron chi connectivity index (χ1n) is 6.19. The van der Waals surface area contributed by atoms with E-state index in [4.69, 9.17) is 0 Å². The van der Waals surface area contributed by atoms with E-state index in [1.54, 1.807) is 0 Å². The summed E-state index contributed by atoms with van der Waals surface area (Å²) in [5, 5.41) is 3.29. The molecule has 0 bridgehead atoms. The van der Waals surface area contributed by atoms with Gasteiger partial charge in [-0.3, -0.25) is 0 Å². The minimum absolute atomic E-state index is 0.154. The third-order valence-electron chi connectivity index (χ3n) is 3.07. The lowest BCUT2D eigenvalue weighted by atomic mass is 10.1. The Balaban J connectivity index is 2.20. The molecule has 1 heterocycles. The predicted molar refractivity (Wildman–Crippen MR) is 69.8 cm³/mol. The molecule has 4 heteroatoms. The predicted octanol–water partition coefficient (Wildman–Crippen LogP) is 2.74. The van der Waals surface area contributed by atoms with Crippen LogP contribution in [-0.4, -0.2) is 16.1 Å². The molecule has 2 rings (SSSR count). The molecule has 1 aromatic carbocycles. The van der Waals surface area contributed by atoms with E-state index >= 15 is 0 Å². The van der Waals surface area contributed by atoms with Crippen molar-refractivity contribution in [1.29, 1.82) is 0 Å². The molecular formula is C14H18FN3. The molecule has 1 N–H and O–H groups in total. The maximum absolute atomic E-state index is 12.9. The van der Waals surface area contributed by atoms with E-state index < -0.39 is 0 Å². The number of nitrogens with zero attached hydrogens (tertiary/aromatic N) is 2. The number of aromatic nitrogens is 2. The van der Waals surface area contributed by atoms with Crippen molar-refractivity contribution in [2.75, 3.05) is 6.54 Å². The van der Waals surface area contributed by atoms with Crippen LogP contribution in [0.15, 0.2) is 36.8 Å². The van der Waals surface area contributed by atoms with Crippen molar-refractivity contribution in [1.82, 2.24) is 14.9 Å². The van der Waals surface area contributed by atoms with Gasteiger partial charge in [0.1, 0.15) is 5.82 Å². The second-order valence-corrected chi connectivity index (χ2v) is 4.30. The molecule has 0 spiro atoms. The van der Waals surface area contributed by atoms with E-state index in [1.165, 1.54) is 12.1 Å². The monoisotopic (exact) mass is 247 g/mol. The SMILES string of the molecule is CCNCc1cncn1C(C)c1ccc(F)cc1. The van der Waals surface area contributed by atoms with E-state index in [0.717, 1.165) is 24.3 Å². The number of nitrogens with one attached hydrogen (secondary N) is 1. The third kappa shape index (κ3) is 2.76. The molecule has 2 aromatic rings. The fourth-order valence-corrected chi connectivity index (χ4v) is 1.97. The molecule has 0 radical (unpaired) electrons. The first-order valence-corrected chi connectivity index (χ1v) is 6.19. The van der Waals surface area contributed by atoms with Gasteiger partial charge < -0.3 is 9.88 Å². The highest BCUT2D eigenvalue weighted by atomic mass is 19.1. The summed E-state index contributed by atoms with van der Waals surface area (Å²) in [6.45, 7) is 5.88. The van der Waals surface area contributed by atoms with Gasteiger partial charge in [-0.15, -0.1) is 0 Å². The molecule has 96 valence electrons. The molecule has 1 unspecified atom stereocenters. The van der Waals surface area contributed by atoms with Crippen molar-refractivity contribution in [3.8, 4) is 0 Å². The molecule has 18 heavy (non-hydrogen) atoms. The molecule has 0 aliphatic rings. The van der Waals surface area contributed by atoms with Crippen LogP contribution in [0.2, 0.25) is 0 Å². The number of halogens is 1. The molecule has 0 aliphatic heterocycles. The average molecular weight is 247 g/mol. The van der Waals surface area contributed by atoms with Crippen molar-refractivity contribution in [3.05, 3.63) is 53.9 Å². The van der Waals surface area contributed by atoms with Gasteiger partial charge in [0.05, 0.1) is 18.1 Å². The van der Waals surface area contributed by atoms with Crippen molar-refractivity contribution in [2.45, 2.75) is 26.4 Å². The second-order valence-electron chi connectivity index (χ2n) is 4.30. The molecule has 1 atom stereocenters. The zero-order chi connectivity index (χ0) is 13.0. The Morgan fingerprint density at radius 3 is 2.72 bits per heavy atom. The summed E-state index contributed by atoms with van der Waals surface area (Å²) in [6, 6.07) is 6.77. The van der Waals surface area contributed by atoms with Gasteiger partial charge in [-0.2, -0.15) is 0 Å². The maximum Gasteiger partial charge on any atom is 0.123 e. The molecule has 0 fully saturated rings. The molecule has 0 amide bonds. The van der Waals surface area contributed by atoms with Crippen LogP contribution in [0.1, 0.15) is 31.1 Å². The minimum atomic E-state index is -0.204. The highest BCUT2D eigenvalue weighted by Crippen LogP contribution is 2.19. The van der Waals surface area contributed by atoms with Crippen LogP contribution in [0.3, 0.4) is 0 Å². The maximum atomic E-state index is 12.9. The Bertz CT molecular complexity index is 490. The minimum Gasteiger partial charge on any atom is -0.326 e. The zero-order valence-electron chi connectivity index (χ0n) is 10.7. The standard InChI is InChI=1S/C14H18FN3/c1-3-16-8-14-9-17-10-18(14)11(2)12-4-6-13(15)7-5-12/h4-7,9-11,16H,3,8H2,1-2H3. The van der Waals surface area contributed by atoms with E-state index in [-0.39, 0.29) is 11.9 Å². The van der Waals surface area contributed by atoms with Crippen molar-refractivity contribution in [2.24, 2.45) is 0 Å². The van der Waals surface area contributed by atoms with Crippen LogP contribution in [0.4, 0.5) is 4.39 Å². The summed E-state index contributed by atoms with van der Waals surface area (Å²) in [6.07, 6.45) is 3.68. The van der Waals surface area contributed by atoms with Gasteiger partial charge in [0, 0.05) is 12.7 Å². The number of imidazole rings is 1. The highest BCUT2D eigenvalue weighted by Gasteiger charge is 2.11. The molecule has 0 aliphatic carbocycles. The van der Waals surface area contributed by atoms with Gasteiger partial charge in [-0.1, -0.05) is 19.1 Å². The van der Waals surface area contributed by atoms with Crippen LogP contribution in [0.5, 0.6) is 0 Å².